The number of alkyl halides is 3. The third-order valence-electron chi connectivity index (χ3n) is 0.669. The van der Waals surface area contributed by atoms with Crippen molar-refractivity contribution in [2.75, 3.05) is 6.67 Å². The molecule has 60 valence electrons. The lowest BCUT2D eigenvalue weighted by Gasteiger charge is -2.11. The van der Waals surface area contributed by atoms with Crippen LogP contribution < -0.4 is 5.32 Å². The van der Waals surface area contributed by atoms with E-state index >= 15 is 0 Å². The van der Waals surface area contributed by atoms with Crippen LogP contribution in [0.2, 0.25) is 0 Å². The van der Waals surface area contributed by atoms with Gasteiger partial charge in [-0.15, -0.1) is 23.2 Å². The number of carbonyl (C=O) groups excluding carboxylic acids is 1. The van der Waals surface area contributed by atoms with Gasteiger partial charge in [0, 0.05) is 0 Å². The largest absolute Gasteiger partial charge is 0.371 e. The number of hydrogen-bond donors (Lipinski definition) is 2. The van der Waals surface area contributed by atoms with Crippen LogP contribution in [0.1, 0.15) is 0 Å². The highest BCUT2D eigenvalue weighted by atomic mass is 35.5. The van der Waals surface area contributed by atoms with Gasteiger partial charge in [-0.2, -0.15) is 0 Å². The Morgan fingerprint density at radius 3 is 2.50 bits per heavy atom. The molecule has 0 fully saturated rings. The maximum absolute atomic E-state index is 11.4. The zero-order valence-electron chi connectivity index (χ0n) is 4.85. The van der Waals surface area contributed by atoms with E-state index in [1.54, 1.807) is 5.32 Å². The number of rotatable bonds is 3. The van der Waals surface area contributed by atoms with Crippen molar-refractivity contribution in [3.8, 4) is 0 Å². The van der Waals surface area contributed by atoms with Gasteiger partial charge in [0.2, 0.25) is 0 Å². The summed E-state index contributed by atoms with van der Waals surface area (Å²) in [5.41, 5.74) is 0. The topological polar surface area (TPSA) is 49.3 Å². The third kappa shape index (κ3) is 3.87. The van der Waals surface area contributed by atoms with Gasteiger partial charge in [0.15, 0.2) is 17.7 Å². The zero-order valence-corrected chi connectivity index (χ0v) is 6.36. The van der Waals surface area contributed by atoms with Crippen molar-refractivity contribution in [1.82, 2.24) is 5.32 Å². The summed E-state index contributed by atoms with van der Waals surface area (Å²) in [6, 6.07) is 0. The molecule has 0 heterocycles. The van der Waals surface area contributed by atoms with E-state index in [2.05, 4.69) is 0 Å². The van der Waals surface area contributed by atoms with Crippen molar-refractivity contribution in [3.05, 3.63) is 0 Å². The van der Waals surface area contributed by atoms with Crippen molar-refractivity contribution in [1.29, 1.82) is 0 Å². The lowest BCUT2D eigenvalue weighted by Crippen LogP contribution is -2.39. The highest BCUT2D eigenvalue weighted by molar-refractivity contribution is 6.44. The summed E-state index contributed by atoms with van der Waals surface area (Å²) < 4.78 is 11.4. The van der Waals surface area contributed by atoms with Crippen molar-refractivity contribution >= 4 is 29.1 Å². The van der Waals surface area contributed by atoms with Gasteiger partial charge in [-0.05, 0) is 0 Å². The molecule has 6 heteroatoms. The van der Waals surface area contributed by atoms with Crippen LogP contribution in [0, 0.1) is 0 Å². The Bertz CT molecular complexity index is 122. The van der Waals surface area contributed by atoms with E-state index in [-0.39, 0.29) is 0 Å². The molecule has 0 aromatic heterocycles. The monoisotopic (exact) mass is 189 g/mol. The van der Waals surface area contributed by atoms with Gasteiger partial charge >= 0.3 is 0 Å². The summed E-state index contributed by atoms with van der Waals surface area (Å²) >= 11 is 10.2. The first-order chi connectivity index (χ1) is 4.57. The van der Waals surface area contributed by atoms with Crippen LogP contribution in [0.5, 0.6) is 0 Å². The minimum Gasteiger partial charge on any atom is -0.371 e. The van der Waals surface area contributed by atoms with Crippen LogP contribution in [-0.2, 0) is 4.79 Å². The molecule has 1 amide bonds. The second-order valence-corrected chi connectivity index (χ2v) is 2.64. The molecule has 0 saturated heterocycles. The molecular formula is C4H6Cl2FNO2. The highest BCUT2D eigenvalue weighted by Crippen LogP contribution is 2.04. The lowest BCUT2D eigenvalue weighted by atomic mass is 10.6. The molecule has 0 aliphatic heterocycles. The number of aliphatic hydroxyl groups excluding tert-OH is 1. The quantitative estimate of drug-likeness (QED) is 0.493. The van der Waals surface area contributed by atoms with Gasteiger partial charge < -0.3 is 10.4 Å². The first-order valence-electron chi connectivity index (χ1n) is 2.39. The van der Waals surface area contributed by atoms with Gasteiger partial charge in [-0.25, -0.2) is 4.39 Å². The third-order valence-corrected chi connectivity index (χ3v) is 1.15. The number of carbonyl (C=O) groups is 1. The van der Waals surface area contributed by atoms with Crippen molar-refractivity contribution in [2.45, 2.75) is 11.1 Å². The smallest absolute Gasteiger partial charge is 0.253 e. The number of aliphatic hydroxyl groups is 1. The summed E-state index contributed by atoms with van der Waals surface area (Å²) in [7, 11) is 0. The van der Waals surface area contributed by atoms with Gasteiger partial charge in [-0.1, -0.05) is 0 Å². The predicted octanol–water partition coefficient (Wildman–Crippen LogP) is 0.194. The van der Waals surface area contributed by atoms with E-state index in [9.17, 15) is 9.18 Å². The average molecular weight is 190 g/mol. The van der Waals surface area contributed by atoms with Crippen molar-refractivity contribution in [2.24, 2.45) is 0 Å². The summed E-state index contributed by atoms with van der Waals surface area (Å²) in [5, 5.41) is 10.5. The zero-order chi connectivity index (χ0) is 8.15. The Morgan fingerprint density at radius 1 is 1.70 bits per heavy atom. The van der Waals surface area contributed by atoms with E-state index in [0.29, 0.717) is 0 Å². The SMILES string of the molecule is O=C(CF)NC(O)C(Cl)Cl. The lowest BCUT2D eigenvalue weighted by molar-refractivity contribution is -0.124. The van der Waals surface area contributed by atoms with Crippen molar-refractivity contribution in [3.63, 3.8) is 0 Å². The molecule has 0 radical (unpaired) electrons. The minimum absolute atomic E-state index is 0.946. The second kappa shape index (κ2) is 4.71. The molecular weight excluding hydrogens is 184 g/mol. The molecule has 10 heavy (non-hydrogen) atoms. The normalized spacial score (nSPS) is 13.3. The molecule has 0 aliphatic rings. The molecule has 0 aromatic carbocycles. The maximum Gasteiger partial charge on any atom is 0.253 e. The molecule has 2 N–H and O–H groups in total. The Hall–Kier alpha value is -0.0600. The first-order valence-corrected chi connectivity index (χ1v) is 3.26. The molecule has 1 atom stereocenters. The molecule has 0 bridgehead atoms. The average Bonchev–Trinajstić information content (AvgIpc) is 1.87. The number of halogens is 3. The number of amides is 1. The van der Waals surface area contributed by atoms with Crippen LogP contribution in [0.4, 0.5) is 4.39 Å². The van der Waals surface area contributed by atoms with E-state index in [1.807, 2.05) is 0 Å². The van der Waals surface area contributed by atoms with E-state index in [1.165, 1.54) is 0 Å². The van der Waals surface area contributed by atoms with Crippen LogP contribution in [-0.4, -0.2) is 28.8 Å². The summed E-state index contributed by atoms with van der Waals surface area (Å²) in [5.74, 6) is -0.946. The number of nitrogens with one attached hydrogen (secondary N) is 1. The van der Waals surface area contributed by atoms with Gasteiger partial charge in [0.05, 0.1) is 0 Å². The van der Waals surface area contributed by atoms with Gasteiger partial charge in [0.1, 0.15) is 0 Å². The molecule has 0 spiro atoms. The standard InChI is InChI=1S/C4H6Cl2FNO2/c5-3(6)4(10)8-2(9)1-7/h3-4,10H,1H2,(H,8,9). The second-order valence-electron chi connectivity index (χ2n) is 1.48. The predicted molar refractivity (Wildman–Crippen MR) is 35.6 cm³/mol. The molecule has 3 nitrogen and oxygen atoms in total. The molecule has 0 aromatic rings. The number of hydrogen-bond acceptors (Lipinski definition) is 2. The maximum atomic E-state index is 11.4. The molecule has 0 saturated carbocycles. The van der Waals surface area contributed by atoms with Gasteiger partial charge in [0.25, 0.3) is 5.91 Å². The first kappa shape index (κ1) is 9.94. The Balaban J connectivity index is 3.57. The highest BCUT2D eigenvalue weighted by Gasteiger charge is 2.14. The molecule has 1 unspecified atom stereocenters. The van der Waals surface area contributed by atoms with E-state index < -0.39 is 23.6 Å². The summed E-state index contributed by atoms with van der Waals surface area (Å²) in [4.78, 5) is 9.02. The van der Waals surface area contributed by atoms with Crippen LogP contribution in [0.3, 0.4) is 0 Å². The fourth-order valence-corrected chi connectivity index (χ4v) is 0.393. The molecule has 0 aliphatic carbocycles. The van der Waals surface area contributed by atoms with Crippen LogP contribution >= 0.6 is 23.2 Å². The Labute approximate surface area is 67.1 Å². The van der Waals surface area contributed by atoms with Crippen molar-refractivity contribution < 1.29 is 14.3 Å². The van der Waals surface area contributed by atoms with E-state index in [4.69, 9.17) is 28.3 Å². The Morgan fingerprint density at radius 2 is 2.20 bits per heavy atom. The van der Waals surface area contributed by atoms with Gasteiger partial charge in [-0.3, -0.25) is 4.79 Å². The fourth-order valence-electron chi connectivity index (χ4n) is 0.267. The minimum atomic E-state index is -1.41. The van der Waals surface area contributed by atoms with E-state index in [0.717, 1.165) is 0 Å². The molecule has 0 rings (SSSR count). The summed E-state index contributed by atoms with van der Waals surface area (Å²) in [6.07, 6.45) is -1.41. The van der Waals surface area contributed by atoms with Crippen LogP contribution in [0.15, 0.2) is 0 Å². The van der Waals surface area contributed by atoms with Crippen LogP contribution in [0.25, 0.3) is 0 Å². The fraction of sp³-hybridized carbons (Fsp3) is 0.750. The summed E-state index contributed by atoms with van der Waals surface area (Å²) in [6.45, 7) is -1.20. The Kier molecular flexibility index (Phi) is 4.68.